The fraction of sp³-hybridized carbons (Fsp3) is 0.200. The fourth-order valence-electron chi connectivity index (χ4n) is 5.65. The second kappa shape index (κ2) is 13.0. The van der Waals surface area contributed by atoms with Crippen molar-refractivity contribution >= 4 is 90.1 Å². The maximum absolute atomic E-state index is 7.13. The standard InChI is InChI=1S/C35H36ClIN3O2PSSi/c1-44-35-34(43(37,26-14-8-5-9-15-26,27-16-10-6-11-17-27)28-18-12-7-13-19-28)39-33(42-35)30-24-38-32-29(31(30)36)20-21-40(32)25-41-22-23-45(2,3)4/h5-21,24H,22-23,25H2,1-4H3. The number of hydrogen-bond acceptors (Lipinski definition) is 5. The van der Waals surface area contributed by atoms with Gasteiger partial charge in [-0.05, 0) is 0 Å². The molecule has 0 saturated heterocycles. The van der Waals surface area contributed by atoms with E-state index in [9.17, 15) is 0 Å². The van der Waals surface area contributed by atoms with E-state index in [2.05, 4.69) is 133 Å². The third-order valence-electron chi connectivity index (χ3n) is 8.07. The van der Waals surface area contributed by atoms with Crippen LogP contribution >= 0.6 is 49.6 Å². The molecule has 3 aromatic heterocycles. The Labute approximate surface area is 288 Å². The molecular formula is C35H36ClIN3O2PSSi. The second-order valence-corrected chi connectivity index (χ2v) is 28.8. The van der Waals surface area contributed by atoms with Crippen LogP contribution in [0.2, 0.25) is 30.7 Å². The van der Waals surface area contributed by atoms with E-state index < -0.39 is 12.3 Å². The molecule has 0 bridgehead atoms. The number of halogens is 2. The molecule has 3 aromatic carbocycles. The zero-order valence-corrected chi connectivity index (χ0v) is 31.4. The summed E-state index contributed by atoms with van der Waals surface area (Å²) in [6.45, 7) is 8.24. The van der Waals surface area contributed by atoms with E-state index in [4.69, 9.17) is 30.7 Å². The van der Waals surface area contributed by atoms with E-state index in [1.54, 1.807) is 18.0 Å². The number of ether oxygens (including phenoxy) is 1. The van der Waals surface area contributed by atoms with E-state index in [1.807, 2.05) is 23.1 Å². The van der Waals surface area contributed by atoms with E-state index in [1.165, 1.54) is 15.9 Å². The zero-order chi connectivity index (χ0) is 31.7. The summed E-state index contributed by atoms with van der Waals surface area (Å²) < 4.78 is 11.2. The Morgan fingerprint density at radius 2 is 1.44 bits per heavy atom. The number of thioether (sulfide) groups is 1. The number of rotatable bonds is 11. The number of benzene rings is 3. The Bertz CT molecular complexity index is 1830. The second-order valence-electron chi connectivity index (χ2n) is 12.2. The van der Waals surface area contributed by atoms with E-state index >= 15 is 0 Å². The predicted octanol–water partition coefficient (Wildman–Crippen LogP) is 8.88. The molecule has 0 aliphatic carbocycles. The number of pyridine rings is 1. The first kappa shape index (κ1) is 32.5. The van der Waals surface area contributed by atoms with Gasteiger partial charge in [-0.25, -0.2) is 0 Å². The molecule has 0 radical (unpaired) electrons. The van der Waals surface area contributed by atoms with Crippen molar-refractivity contribution in [3.05, 3.63) is 114 Å². The molecule has 45 heavy (non-hydrogen) atoms. The van der Waals surface area contributed by atoms with Crippen molar-refractivity contribution in [1.82, 2.24) is 14.5 Å². The van der Waals surface area contributed by atoms with Crippen LogP contribution in [0.1, 0.15) is 0 Å². The Kier molecular flexibility index (Phi) is 9.36. The first-order valence-corrected chi connectivity index (χ1v) is 25.2. The van der Waals surface area contributed by atoms with Crippen LogP contribution in [0.4, 0.5) is 0 Å². The number of aromatic nitrogens is 3. The fourth-order valence-corrected chi connectivity index (χ4v) is 16.8. The normalized spacial score (nSPS) is 13.2. The quantitative estimate of drug-likeness (QED) is 0.0432. The van der Waals surface area contributed by atoms with Gasteiger partial charge in [0, 0.05) is 8.07 Å². The van der Waals surface area contributed by atoms with Gasteiger partial charge >= 0.3 is 262 Å². The summed E-state index contributed by atoms with van der Waals surface area (Å²) in [4.78, 5) is 10.2. The van der Waals surface area contributed by atoms with Gasteiger partial charge in [0.2, 0.25) is 0 Å². The minimum absolute atomic E-state index is 0.436. The summed E-state index contributed by atoms with van der Waals surface area (Å²) in [6.07, 6.45) is 5.80. The van der Waals surface area contributed by atoms with Crippen LogP contribution in [0.5, 0.6) is 0 Å². The van der Waals surface area contributed by atoms with Crippen molar-refractivity contribution < 1.29 is 9.15 Å². The third kappa shape index (κ3) is 5.83. The van der Waals surface area contributed by atoms with Gasteiger partial charge in [-0.1, -0.05) is 19.6 Å². The Morgan fingerprint density at radius 1 is 0.889 bits per heavy atom. The molecule has 0 amide bonds. The number of nitrogens with zero attached hydrogens (tertiary/aromatic N) is 3. The molecule has 0 fully saturated rings. The molecule has 0 spiro atoms. The average Bonchev–Trinajstić information content (AvgIpc) is 3.69. The van der Waals surface area contributed by atoms with Crippen LogP contribution in [0.3, 0.4) is 0 Å². The summed E-state index contributed by atoms with van der Waals surface area (Å²) in [6, 6.07) is 35.2. The molecule has 0 N–H and O–H groups in total. The first-order valence-electron chi connectivity index (χ1n) is 14.8. The van der Waals surface area contributed by atoms with E-state index in [-0.39, 0.29) is 0 Å². The summed E-state index contributed by atoms with van der Waals surface area (Å²) in [5.41, 5.74) is 2.36. The van der Waals surface area contributed by atoms with Crippen molar-refractivity contribution in [3.8, 4) is 11.5 Å². The third-order valence-corrected chi connectivity index (χ3v) is 22.3. The zero-order valence-electron chi connectivity index (χ0n) is 25.8. The number of oxazole rings is 1. The molecule has 6 rings (SSSR count). The number of hydrogen-bond donors (Lipinski definition) is 0. The summed E-state index contributed by atoms with van der Waals surface area (Å²) >= 11 is 11.4. The van der Waals surface area contributed by atoms with Crippen molar-refractivity contribution in [3.63, 3.8) is 0 Å². The van der Waals surface area contributed by atoms with Crippen LogP contribution in [0.25, 0.3) is 22.5 Å². The topological polar surface area (TPSA) is 53.1 Å². The molecule has 5 nitrogen and oxygen atoms in total. The van der Waals surface area contributed by atoms with Gasteiger partial charge in [0.15, 0.2) is 0 Å². The SMILES string of the molecule is CSc1oc(-c2cnc3c(ccn3COCC[Si](C)(C)C)c2Cl)nc1P(I)(c1ccccc1)(c1ccccc1)c1ccccc1. The molecule has 0 atom stereocenters. The van der Waals surface area contributed by atoms with Gasteiger partial charge in [-0.15, -0.1) is 0 Å². The monoisotopic (exact) mass is 783 g/mol. The van der Waals surface area contributed by atoms with Crippen LogP contribution in [0, 0.1) is 0 Å². The van der Waals surface area contributed by atoms with Crippen LogP contribution in [-0.4, -0.2) is 35.5 Å². The predicted molar refractivity (Wildman–Crippen MR) is 205 cm³/mol. The first-order chi connectivity index (χ1) is 21.6. The Balaban J connectivity index is 1.52. The van der Waals surface area contributed by atoms with Gasteiger partial charge in [0.25, 0.3) is 0 Å². The van der Waals surface area contributed by atoms with Crippen molar-refractivity contribution in [1.29, 1.82) is 0 Å². The average molecular weight is 784 g/mol. The van der Waals surface area contributed by atoms with Crippen molar-refractivity contribution in [2.45, 2.75) is 37.5 Å². The van der Waals surface area contributed by atoms with Crippen molar-refractivity contribution in [2.75, 3.05) is 12.9 Å². The van der Waals surface area contributed by atoms with E-state index in [0.717, 1.165) is 34.2 Å². The summed E-state index contributed by atoms with van der Waals surface area (Å²) in [7, 11) is -1.17. The van der Waals surface area contributed by atoms with Crippen LogP contribution < -0.4 is 21.3 Å². The van der Waals surface area contributed by atoms with Gasteiger partial charge in [0.1, 0.15) is 0 Å². The minimum atomic E-state index is -3.45. The van der Waals surface area contributed by atoms with Gasteiger partial charge in [0.05, 0.1) is 0 Å². The molecular weight excluding hydrogens is 748 g/mol. The van der Waals surface area contributed by atoms with Crippen molar-refractivity contribution in [2.24, 2.45) is 0 Å². The number of fused-ring (bicyclic) bond motifs is 1. The summed E-state index contributed by atoms with van der Waals surface area (Å²) in [5, 5.41) is 5.76. The molecule has 0 unspecified atom stereocenters. The molecule has 0 saturated carbocycles. The Hall–Kier alpha value is -2.46. The van der Waals surface area contributed by atoms with Gasteiger partial charge in [-0.3, -0.25) is 0 Å². The van der Waals surface area contributed by atoms with E-state index in [0.29, 0.717) is 23.2 Å². The van der Waals surface area contributed by atoms with Gasteiger partial charge < -0.3 is 0 Å². The molecule has 6 aromatic rings. The molecule has 0 aliphatic heterocycles. The summed E-state index contributed by atoms with van der Waals surface area (Å²) in [5.74, 6) is 0.460. The molecule has 3 heterocycles. The Morgan fingerprint density at radius 3 is 1.96 bits per heavy atom. The molecule has 0 aliphatic rings. The molecule has 232 valence electrons. The maximum atomic E-state index is 7.13. The van der Waals surface area contributed by atoms with Gasteiger partial charge in [-0.2, -0.15) is 0 Å². The van der Waals surface area contributed by atoms with Crippen LogP contribution in [0.15, 0.2) is 119 Å². The molecule has 10 heteroatoms. The van der Waals surface area contributed by atoms with Crippen LogP contribution in [-0.2, 0) is 11.5 Å².